The smallest absolute Gasteiger partial charge is 0.126 e. The van der Waals surface area contributed by atoms with Crippen LogP contribution >= 0.6 is 11.8 Å². The molecule has 94 valence electrons. The van der Waals surface area contributed by atoms with Crippen molar-refractivity contribution in [2.24, 2.45) is 0 Å². The monoisotopic (exact) mass is 258 g/mol. The number of hydrogen-bond donors (Lipinski definition) is 1. The van der Waals surface area contributed by atoms with Crippen molar-refractivity contribution in [1.29, 1.82) is 0 Å². The first-order valence-corrected chi connectivity index (χ1v) is 7.81. The summed E-state index contributed by atoms with van der Waals surface area (Å²) in [5.74, 6) is 1.01. The molecule has 0 amide bonds. The van der Waals surface area contributed by atoms with E-state index in [1.807, 2.05) is 17.8 Å². The van der Waals surface area contributed by atoms with Gasteiger partial charge in [0, 0.05) is 16.7 Å². The van der Waals surface area contributed by atoms with Gasteiger partial charge in [0.15, 0.2) is 0 Å². The summed E-state index contributed by atoms with van der Waals surface area (Å²) in [4.78, 5) is 4.69. The lowest BCUT2D eigenvalue weighted by Crippen LogP contribution is -2.26. The maximum absolute atomic E-state index is 4.69. The maximum atomic E-state index is 4.69. The SMILES string of the molecule is CSC1CCCC1Nc1ccc2ccccc2n1. The minimum atomic E-state index is 0.577. The Bertz CT molecular complexity index is 541. The number of para-hydroxylation sites is 1. The van der Waals surface area contributed by atoms with E-state index in [-0.39, 0.29) is 0 Å². The van der Waals surface area contributed by atoms with Gasteiger partial charge in [0.1, 0.15) is 5.82 Å². The van der Waals surface area contributed by atoms with E-state index in [1.165, 1.54) is 24.6 Å². The van der Waals surface area contributed by atoms with Gasteiger partial charge in [-0.3, -0.25) is 0 Å². The van der Waals surface area contributed by atoms with Gasteiger partial charge in [0.05, 0.1) is 5.52 Å². The lowest BCUT2D eigenvalue weighted by atomic mass is 10.2. The van der Waals surface area contributed by atoms with Crippen LogP contribution in [0.4, 0.5) is 5.82 Å². The first-order valence-electron chi connectivity index (χ1n) is 6.52. The molecule has 18 heavy (non-hydrogen) atoms. The molecule has 1 saturated carbocycles. The van der Waals surface area contributed by atoms with Crippen LogP contribution < -0.4 is 5.32 Å². The normalized spacial score (nSPS) is 23.4. The van der Waals surface area contributed by atoms with Crippen molar-refractivity contribution in [3.8, 4) is 0 Å². The van der Waals surface area contributed by atoms with Crippen molar-refractivity contribution in [2.75, 3.05) is 11.6 Å². The number of anilines is 1. The van der Waals surface area contributed by atoms with Gasteiger partial charge in [-0.1, -0.05) is 24.6 Å². The van der Waals surface area contributed by atoms with Crippen molar-refractivity contribution in [2.45, 2.75) is 30.6 Å². The average Bonchev–Trinajstić information content (AvgIpc) is 2.86. The average molecular weight is 258 g/mol. The number of thioether (sulfide) groups is 1. The summed E-state index contributed by atoms with van der Waals surface area (Å²) in [7, 11) is 0. The van der Waals surface area contributed by atoms with Crippen LogP contribution in [0.1, 0.15) is 19.3 Å². The van der Waals surface area contributed by atoms with Crippen LogP contribution in [0.3, 0.4) is 0 Å². The Morgan fingerprint density at radius 1 is 1.17 bits per heavy atom. The standard InChI is InChI=1S/C15H18N2S/c1-18-14-8-4-7-13(14)17-15-10-9-11-5-2-3-6-12(11)16-15/h2-3,5-6,9-10,13-14H,4,7-8H2,1H3,(H,16,17). The molecule has 0 spiro atoms. The van der Waals surface area contributed by atoms with E-state index in [4.69, 9.17) is 0 Å². The van der Waals surface area contributed by atoms with Crippen molar-refractivity contribution in [1.82, 2.24) is 4.98 Å². The first-order chi connectivity index (χ1) is 8.86. The van der Waals surface area contributed by atoms with Gasteiger partial charge in [-0.05, 0) is 37.3 Å². The van der Waals surface area contributed by atoms with Crippen LogP contribution in [0.2, 0.25) is 0 Å². The summed E-state index contributed by atoms with van der Waals surface area (Å²) < 4.78 is 0. The Balaban J connectivity index is 1.82. The zero-order valence-electron chi connectivity index (χ0n) is 10.6. The van der Waals surface area contributed by atoms with Gasteiger partial charge < -0.3 is 5.32 Å². The molecule has 2 aromatic rings. The third kappa shape index (κ3) is 2.32. The molecule has 1 aliphatic rings. The van der Waals surface area contributed by atoms with Gasteiger partial charge in [0.2, 0.25) is 0 Å². The second kappa shape index (κ2) is 5.19. The number of aromatic nitrogens is 1. The van der Waals surface area contributed by atoms with E-state index in [0.29, 0.717) is 6.04 Å². The summed E-state index contributed by atoms with van der Waals surface area (Å²) in [6.45, 7) is 0. The topological polar surface area (TPSA) is 24.9 Å². The third-order valence-electron chi connectivity index (χ3n) is 3.69. The van der Waals surface area contributed by atoms with Crippen molar-refractivity contribution >= 4 is 28.5 Å². The largest absolute Gasteiger partial charge is 0.366 e. The molecule has 0 radical (unpaired) electrons. The second-order valence-corrected chi connectivity index (χ2v) is 5.92. The fraction of sp³-hybridized carbons (Fsp3) is 0.400. The van der Waals surface area contributed by atoms with E-state index in [9.17, 15) is 0 Å². The van der Waals surface area contributed by atoms with Crippen LogP contribution in [0.15, 0.2) is 36.4 Å². The van der Waals surface area contributed by atoms with Gasteiger partial charge >= 0.3 is 0 Å². The predicted molar refractivity (Wildman–Crippen MR) is 80.3 cm³/mol. The molecule has 3 heteroatoms. The highest BCUT2D eigenvalue weighted by atomic mass is 32.2. The minimum Gasteiger partial charge on any atom is -0.366 e. The van der Waals surface area contributed by atoms with Crippen LogP contribution in [0.5, 0.6) is 0 Å². The molecule has 0 aliphatic heterocycles. The molecule has 1 fully saturated rings. The van der Waals surface area contributed by atoms with Gasteiger partial charge in [-0.2, -0.15) is 11.8 Å². The Kier molecular flexibility index (Phi) is 3.41. The van der Waals surface area contributed by atoms with E-state index >= 15 is 0 Å². The number of nitrogens with zero attached hydrogens (tertiary/aromatic N) is 1. The Morgan fingerprint density at radius 3 is 2.94 bits per heavy atom. The Labute approximate surface area is 112 Å². The molecule has 0 saturated heterocycles. The fourth-order valence-electron chi connectivity index (χ4n) is 2.71. The Hall–Kier alpha value is -1.22. The number of rotatable bonds is 3. The molecule has 1 aliphatic carbocycles. The molecule has 2 unspecified atom stereocenters. The molecule has 3 rings (SSSR count). The molecule has 1 aromatic carbocycles. The summed E-state index contributed by atoms with van der Waals surface area (Å²) in [6, 6.07) is 13.1. The number of fused-ring (bicyclic) bond motifs is 1. The number of pyridine rings is 1. The summed E-state index contributed by atoms with van der Waals surface area (Å²) in [6.07, 6.45) is 6.13. The lowest BCUT2D eigenvalue weighted by Gasteiger charge is -2.19. The van der Waals surface area contributed by atoms with Crippen molar-refractivity contribution < 1.29 is 0 Å². The zero-order chi connectivity index (χ0) is 12.4. The zero-order valence-corrected chi connectivity index (χ0v) is 11.4. The molecule has 2 nitrogen and oxygen atoms in total. The number of benzene rings is 1. The maximum Gasteiger partial charge on any atom is 0.126 e. The Morgan fingerprint density at radius 2 is 2.06 bits per heavy atom. The summed E-state index contributed by atoms with van der Waals surface area (Å²) >= 11 is 1.97. The van der Waals surface area contributed by atoms with Crippen LogP contribution in [-0.4, -0.2) is 22.5 Å². The van der Waals surface area contributed by atoms with Crippen molar-refractivity contribution in [3.05, 3.63) is 36.4 Å². The van der Waals surface area contributed by atoms with Gasteiger partial charge in [-0.15, -0.1) is 0 Å². The highest BCUT2D eigenvalue weighted by Gasteiger charge is 2.26. The second-order valence-electron chi connectivity index (χ2n) is 4.85. The highest BCUT2D eigenvalue weighted by molar-refractivity contribution is 7.99. The molecular weight excluding hydrogens is 240 g/mol. The minimum absolute atomic E-state index is 0.577. The third-order valence-corrected chi connectivity index (χ3v) is 4.86. The number of nitrogens with one attached hydrogen (secondary N) is 1. The number of hydrogen-bond acceptors (Lipinski definition) is 3. The molecule has 1 heterocycles. The molecule has 1 N–H and O–H groups in total. The van der Waals surface area contributed by atoms with Crippen LogP contribution in [-0.2, 0) is 0 Å². The quantitative estimate of drug-likeness (QED) is 0.903. The predicted octanol–water partition coefficient (Wildman–Crippen LogP) is 3.93. The molecular formula is C15H18N2S. The molecule has 2 atom stereocenters. The summed E-state index contributed by atoms with van der Waals surface area (Å²) in [5, 5.41) is 5.54. The van der Waals surface area contributed by atoms with E-state index < -0.39 is 0 Å². The molecule has 0 bridgehead atoms. The lowest BCUT2D eigenvalue weighted by molar-refractivity contribution is 0.764. The van der Waals surface area contributed by atoms with Crippen molar-refractivity contribution in [3.63, 3.8) is 0 Å². The molecule has 1 aromatic heterocycles. The van der Waals surface area contributed by atoms with E-state index in [1.54, 1.807) is 0 Å². The van der Waals surface area contributed by atoms with E-state index in [2.05, 4.69) is 46.9 Å². The fourth-order valence-corrected chi connectivity index (χ4v) is 3.64. The summed E-state index contributed by atoms with van der Waals surface area (Å²) in [5.41, 5.74) is 1.07. The first kappa shape index (κ1) is 11.8. The van der Waals surface area contributed by atoms with Gasteiger partial charge in [-0.25, -0.2) is 4.98 Å². The highest BCUT2D eigenvalue weighted by Crippen LogP contribution is 2.30. The van der Waals surface area contributed by atoms with Crippen LogP contribution in [0, 0.1) is 0 Å². The van der Waals surface area contributed by atoms with Gasteiger partial charge in [0.25, 0.3) is 0 Å². The van der Waals surface area contributed by atoms with E-state index in [0.717, 1.165) is 16.6 Å². The van der Waals surface area contributed by atoms with Crippen LogP contribution in [0.25, 0.3) is 10.9 Å².